The third-order valence-electron chi connectivity index (χ3n) is 11.0. The summed E-state index contributed by atoms with van der Waals surface area (Å²) >= 11 is 0. The Morgan fingerprint density at radius 3 is 0.929 bits per heavy atom. The van der Waals surface area contributed by atoms with E-state index in [1.807, 2.05) is 0 Å². The molecule has 0 heterocycles. The average molecular weight is 795 g/mol. The van der Waals surface area contributed by atoms with Crippen LogP contribution in [0.5, 0.6) is 0 Å². The number of hydrogen-bond acceptors (Lipinski definition) is 8. The molecular weight excluding hydrogens is 705 g/mol. The second kappa shape index (κ2) is 39.7. The number of carbonyl (C=O) groups is 4. The topological polar surface area (TPSA) is 105 Å². The predicted octanol–water partition coefficient (Wildman–Crippen LogP) is 13.7. The van der Waals surface area contributed by atoms with Crippen LogP contribution in [0.15, 0.2) is 0 Å². The van der Waals surface area contributed by atoms with E-state index >= 15 is 0 Å². The van der Waals surface area contributed by atoms with E-state index in [1.165, 1.54) is 70.6 Å². The Hall–Kier alpha value is -2.12. The molecule has 0 spiro atoms. The maximum Gasteiger partial charge on any atom is 0.308 e. The van der Waals surface area contributed by atoms with Crippen LogP contribution in [0.25, 0.3) is 0 Å². The third-order valence-corrected chi connectivity index (χ3v) is 11.0. The van der Waals surface area contributed by atoms with Gasteiger partial charge in [-0.05, 0) is 32.1 Å². The first-order chi connectivity index (χ1) is 27.3. The van der Waals surface area contributed by atoms with Crippen LogP contribution < -0.4 is 0 Å². The van der Waals surface area contributed by atoms with Gasteiger partial charge in [0, 0.05) is 19.3 Å². The standard InChI is InChI=1S/C48H90O8/c1-6-11-16-21-24-25-28-33-38-46(51)55-41-48(39-53-44(49)36-31-20-15-10-5,40-54-45(50)37-32-27-23-18-13-8-3)42-56-47(52)43(34-29-19-14-9-4)35-30-26-22-17-12-7-2/h43H,6-42H2,1-5H3. The van der Waals surface area contributed by atoms with Crippen molar-refractivity contribution in [2.24, 2.45) is 11.3 Å². The first-order valence-corrected chi connectivity index (χ1v) is 23.9. The van der Waals surface area contributed by atoms with Gasteiger partial charge in [-0.15, -0.1) is 0 Å². The largest absolute Gasteiger partial charge is 0.465 e. The van der Waals surface area contributed by atoms with Gasteiger partial charge in [-0.2, -0.15) is 0 Å². The molecule has 0 amide bonds. The van der Waals surface area contributed by atoms with Gasteiger partial charge in [0.25, 0.3) is 0 Å². The fraction of sp³-hybridized carbons (Fsp3) is 0.917. The highest BCUT2D eigenvalue weighted by atomic mass is 16.6. The lowest BCUT2D eigenvalue weighted by molar-refractivity contribution is -0.172. The number of esters is 4. The van der Waals surface area contributed by atoms with Gasteiger partial charge in [-0.25, -0.2) is 0 Å². The predicted molar refractivity (Wildman–Crippen MR) is 230 cm³/mol. The van der Waals surface area contributed by atoms with E-state index in [9.17, 15) is 19.2 Å². The fourth-order valence-electron chi connectivity index (χ4n) is 7.03. The molecule has 330 valence electrons. The molecule has 0 fully saturated rings. The van der Waals surface area contributed by atoms with E-state index in [1.54, 1.807) is 0 Å². The van der Waals surface area contributed by atoms with Crippen LogP contribution in [-0.2, 0) is 38.1 Å². The van der Waals surface area contributed by atoms with Gasteiger partial charge in [0.2, 0.25) is 0 Å². The zero-order chi connectivity index (χ0) is 41.4. The zero-order valence-electron chi connectivity index (χ0n) is 37.5. The van der Waals surface area contributed by atoms with Crippen LogP contribution in [-0.4, -0.2) is 50.3 Å². The SMILES string of the molecule is CCCCCCCCCCC(=O)OCC(COC(=O)CCCCCC)(COC(=O)CCCCCCCC)COC(=O)C(CCCCCC)CCCCCCCC. The summed E-state index contributed by atoms with van der Waals surface area (Å²) in [7, 11) is 0. The van der Waals surface area contributed by atoms with Gasteiger partial charge in [-0.3, -0.25) is 19.2 Å². The van der Waals surface area contributed by atoms with Crippen molar-refractivity contribution in [1.29, 1.82) is 0 Å². The minimum atomic E-state index is -1.20. The first-order valence-electron chi connectivity index (χ1n) is 23.9. The van der Waals surface area contributed by atoms with Gasteiger partial charge < -0.3 is 18.9 Å². The number of hydrogen-bond donors (Lipinski definition) is 0. The van der Waals surface area contributed by atoms with Crippen molar-refractivity contribution < 1.29 is 38.1 Å². The molecule has 0 bridgehead atoms. The minimum Gasteiger partial charge on any atom is -0.465 e. The van der Waals surface area contributed by atoms with Crippen LogP contribution in [0.4, 0.5) is 0 Å². The molecule has 8 nitrogen and oxygen atoms in total. The molecule has 2 unspecified atom stereocenters. The van der Waals surface area contributed by atoms with Crippen molar-refractivity contribution in [3.05, 3.63) is 0 Å². The Kier molecular flexibility index (Phi) is 38.2. The molecule has 0 aliphatic rings. The summed E-state index contributed by atoms with van der Waals surface area (Å²) in [6.07, 6.45) is 32.7. The maximum atomic E-state index is 13.8. The molecule has 0 aliphatic heterocycles. The Bertz CT molecular complexity index is 936. The molecule has 0 aromatic heterocycles. The summed E-state index contributed by atoms with van der Waals surface area (Å²) in [6.45, 7) is 10.3. The first kappa shape index (κ1) is 53.9. The van der Waals surface area contributed by atoms with Crippen molar-refractivity contribution in [3.63, 3.8) is 0 Å². The lowest BCUT2D eigenvalue weighted by Gasteiger charge is -2.32. The van der Waals surface area contributed by atoms with Crippen molar-refractivity contribution in [3.8, 4) is 0 Å². The average Bonchev–Trinajstić information content (AvgIpc) is 3.20. The van der Waals surface area contributed by atoms with Crippen LogP contribution in [0.1, 0.15) is 247 Å². The van der Waals surface area contributed by atoms with Crippen LogP contribution >= 0.6 is 0 Å². The van der Waals surface area contributed by atoms with Gasteiger partial charge in [-0.1, -0.05) is 195 Å². The third kappa shape index (κ3) is 32.9. The van der Waals surface area contributed by atoms with Gasteiger partial charge >= 0.3 is 23.9 Å². The van der Waals surface area contributed by atoms with E-state index in [0.29, 0.717) is 0 Å². The number of rotatable bonds is 42. The lowest BCUT2D eigenvalue weighted by atomic mass is 9.91. The summed E-state index contributed by atoms with van der Waals surface area (Å²) in [6, 6.07) is 0. The highest BCUT2D eigenvalue weighted by Gasteiger charge is 2.38. The molecule has 0 saturated heterocycles. The summed E-state index contributed by atoms with van der Waals surface area (Å²) in [4.78, 5) is 52.9. The Labute approximate surface area is 345 Å². The van der Waals surface area contributed by atoms with Crippen molar-refractivity contribution >= 4 is 23.9 Å². The Morgan fingerprint density at radius 1 is 0.339 bits per heavy atom. The van der Waals surface area contributed by atoms with Crippen molar-refractivity contribution in [1.82, 2.24) is 0 Å². The lowest BCUT2D eigenvalue weighted by Crippen LogP contribution is -2.44. The van der Waals surface area contributed by atoms with Crippen molar-refractivity contribution in [2.45, 2.75) is 247 Å². The van der Waals surface area contributed by atoms with Gasteiger partial charge in [0.15, 0.2) is 0 Å². The maximum absolute atomic E-state index is 13.8. The fourth-order valence-corrected chi connectivity index (χ4v) is 7.03. The highest BCUT2D eigenvalue weighted by Crippen LogP contribution is 2.26. The molecule has 0 aromatic carbocycles. The van der Waals surface area contributed by atoms with Crippen LogP contribution in [0.3, 0.4) is 0 Å². The normalized spacial score (nSPS) is 12.9. The minimum absolute atomic E-state index is 0.160. The molecule has 0 radical (unpaired) electrons. The molecule has 0 aromatic rings. The van der Waals surface area contributed by atoms with Crippen LogP contribution in [0.2, 0.25) is 0 Å². The zero-order valence-corrected chi connectivity index (χ0v) is 37.5. The molecule has 0 aliphatic carbocycles. The Balaban J connectivity index is 5.92. The number of ether oxygens (including phenoxy) is 4. The summed E-state index contributed by atoms with van der Waals surface area (Å²) in [5.74, 6) is -1.53. The van der Waals surface area contributed by atoms with Crippen molar-refractivity contribution in [2.75, 3.05) is 26.4 Å². The second-order valence-corrected chi connectivity index (χ2v) is 16.7. The molecule has 0 N–H and O–H groups in total. The molecule has 8 heteroatoms. The molecule has 0 rings (SSSR count). The molecule has 2 atom stereocenters. The molecular formula is C48H90O8. The summed E-state index contributed by atoms with van der Waals surface area (Å²) < 4.78 is 23.6. The van der Waals surface area contributed by atoms with Gasteiger partial charge in [0.1, 0.15) is 31.8 Å². The highest BCUT2D eigenvalue weighted by molar-refractivity contribution is 5.72. The van der Waals surface area contributed by atoms with E-state index in [-0.39, 0.29) is 75.5 Å². The molecule has 0 saturated carbocycles. The van der Waals surface area contributed by atoms with E-state index in [0.717, 1.165) is 122 Å². The Morgan fingerprint density at radius 2 is 0.589 bits per heavy atom. The summed E-state index contributed by atoms with van der Waals surface area (Å²) in [5, 5.41) is 0. The number of unbranched alkanes of at least 4 members (excludes halogenated alkanes) is 23. The molecule has 56 heavy (non-hydrogen) atoms. The van der Waals surface area contributed by atoms with Crippen LogP contribution in [0, 0.1) is 11.3 Å². The van der Waals surface area contributed by atoms with E-state index in [2.05, 4.69) is 34.6 Å². The quantitative estimate of drug-likeness (QED) is 0.0342. The van der Waals surface area contributed by atoms with E-state index in [4.69, 9.17) is 18.9 Å². The van der Waals surface area contributed by atoms with Gasteiger partial charge in [0.05, 0.1) is 5.92 Å². The van der Waals surface area contributed by atoms with E-state index < -0.39 is 5.41 Å². The monoisotopic (exact) mass is 795 g/mol. The smallest absolute Gasteiger partial charge is 0.308 e. The summed E-state index contributed by atoms with van der Waals surface area (Å²) in [5.41, 5.74) is -1.20. The second-order valence-electron chi connectivity index (χ2n) is 16.7. The number of carbonyl (C=O) groups excluding carboxylic acids is 4.